The first kappa shape index (κ1) is 17.5. The van der Waals surface area contributed by atoms with Gasteiger partial charge in [-0.05, 0) is 29.8 Å². The van der Waals surface area contributed by atoms with Crippen LogP contribution in [0.1, 0.15) is 23.8 Å². The van der Waals surface area contributed by atoms with Crippen molar-refractivity contribution in [2.75, 3.05) is 17.2 Å². The molecule has 1 aromatic heterocycles. The van der Waals surface area contributed by atoms with Gasteiger partial charge in [-0.3, -0.25) is 4.72 Å². The molecule has 0 radical (unpaired) electrons. The summed E-state index contributed by atoms with van der Waals surface area (Å²) in [4.78, 5) is 0. The number of sulfonamides is 2. The number of rotatable bonds is 5. The highest BCUT2D eigenvalue weighted by Gasteiger charge is 2.36. The van der Waals surface area contributed by atoms with E-state index in [4.69, 9.17) is 4.42 Å². The zero-order chi connectivity index (χ0) is 18.2. The molecule has 1 atom stereocenters. The molecule has 0 saturated carbocycles. The van der Waals surface area contributed by atoms with Crippen LogP contribution in [0, 0.1) is 0 Å². The second kappa shape index (κ2) is 6.19. The van der Waals surface area contributed by atoms with Crippen LogP contribution in [0.25, 0.3) is 0 Å². The lowest BCUT2D eigenvalue weighted by molar-refractivity contribution is 0.322. The molecule has 25 heavy (non-hydrogen) atoms. The molecule has 3 rings (SSSR count). The molecule has 1 aliphatic heterocycles. The van der Waals surface area contributed by atoms with E-state index in [1.807, 2.05) is 0 Å². The number of nitrogens with zero attached hydrogens (tertiary/aromatic N) is 2. The zero-order valence-electron chi connectivity index (χ0n) is 13.6. The molecule has 1 aromatic carbocycles. The minimum Gasteiger partial charge on any atom is -0.467 e. The minimum absolute atomic E-state index is 0.322. The van der Waals surface area contributed by atoms with Gasteiger partial charge in [0.15, 0.2) is 0 Å². The van der Waals surface area contributed by atoms with Crippen LogP contribution in [0.15, 0.2) is 52.2 Å². The Morgan fingerprint density at radius 3 is 2.52 bits per heavy atom. The van der Waals surface area contributed by atoms with Gasteiger partial charge >= 0.3 is 0 Å². The Labute approximate surface area is 146 Å². The highest BCUT2D eigenvalue weighted by atomic mass is 32.2. The van der Waals surface area contributed by atoms with Gasteiger partial charge in [-0.15, -0.1) is 0 Å². The summed E-state index contributed by atoms with van der Waals surface area (Å²) in [6, 6.07) is 9.47. The van der Waals surface area contributed by atoms with Crippen LogP contribution in [0.3, 0.4) is 0 Å². The number of nitrogens with one attached hydrogen (secondary N) is 1. The molecule has 2 aromatic rings. The van der Waals surface area contributed by atoms with E-state index in [1.54, 1.807) is 36.4 Å². The fourth-order valence-corrected chi connectivity index (χ4v) is 4.08. The van der Waals surface area contributed by atoms with E-state index >= 15 is 0 Å². The summed E-state index contributed by atoms with van der Waals surface area (Å²) in [6.45, 7) is 0. The molecule has 0 unspecified atom stereocenters. The summed E-state index contributed by atoms with van der Waals surface area (Å²) in [5, 5.41) is 4.23. The van der Waals surface area contributed by atoms with Crippen LogP contribution < -0.4 is 4.72 Å². The summed E-state index contributed by atoms with van der Waals surface area (Å²) in [6.07, 6.45) is 3.94. The van der Waals surface area contributed by atoms with Crippen molar-refractivity contribution < 1.29 is 21.3 Å². The van der Waals surface area contributed by atoms with Crippen LogP contribution in [0.5, 0.6) is 0 Å². The van der Waals surface area contributed by atoms with E-state index in [0.717, 1.165) is 16.9 Å². The van der Waals surface area contributed by atoms with Gasteiger partial charge in [-0.2, -0.15) is 9.52 Å². The maximum absolute atomic E-state index is 12.1. The molecule has 134 valence electrons. The molecule has 1 N–H and O–H groups in total. The molecule has 0 spiro atoms. The van der Waals surface area contributed by atoms with E-state index in [9.17, 15) is 16.8 Å². The normalized spacial score (nSPS) is 18.2. The first-order valence-electron chi connectivity index (χ1n) is 7.32. The quantitative estimate of drug-likeness (QED) is 0.846. The second-order valence-electron chi connectivity index (χ2n) is 5.77. The molecule has 0 fully saturated rings. The largest absolute Gasteiger partial charge is 0.467 e. The van der Waals surface area contributed by atoms with Crippen molar-refractivity contribution in [1.82, 2.24) is 4.41 Å². The van der Waals surface area contributed by atoms with E-state index in [2.05, 4.69) is 9.82 Å². The molecule has 0 bridgehead atoms. The van der Waals surface area contributed by atoms with Gasteiger partial charge in [-0.1, -0.05) is 12.1 Å². The van der Waals surface area contributed by atoms with Crippen molar-refractivity contribution in [3.63, 3.8) is 0 Å². The average Bonchev–Trinajstić information content (AvgIpc) is 3.14. The first-order chi connectivity index (χ1) is 11.6. The monoisotopic (exact) mass is 383 g/mol. The number of hydrogen-bond acceptors (Lipinski definition) is 6. The third kappa shape index (κ3) is 4.02. The van der Waals surface area contributed by atoms with E-state index in [1.165, 1.54) is 6.26 Å². The van der Waals surface area contributed by atoms with Crippen molar-refractivity contribution in [1.29, 1.82) is 0 Å². The maximum atomic E-state index is 12.1. The molecular formula is C15H17N3O5S2. The third-order valence-corrected chi connectivity index (χ3v) is 5.21. The number of furan rings is 1. The molecule has 0 aliphatic carbocycles. The van der Waals surface area contributed by atoms with Crippen LogP contribution in [-0.4, -0.2) is 39.5 Å². The fraction of sp³-hybridized carbons (Fsp3) is 0.267. The number of hydrogen-bond donors (Lipinski definition) is 1. The number of hydrazone groups is 1. The second-order valence-corrected chi connectivity index (χ2v) is 9.36. The average molecular weight is 383 g/mol. The van der Waals surface area contributed by atoms with E-state index in [-0.39, 0.29) is 0 Å². The molecule has 1 aliphatic rings. The fourth-order valence-electron chi connectivity index (χ4n) is 2.64. The summed E-state index contributed by atoms with van der Waals surface area (Å²) in [7, 11) is -6.99. The highest BCUT2D eigenvalue weighted by molar-refractivity contribution is 7.92. The van der Waals surface area contributed by atoms with Crippen LogP contribution in [0.4, 0.5) is 5.69 Å². The predicted octanol–water partition coefficient (Wildman–Crippen LogP) is 1.76. The summed E-state index contributed by atoms with van der Waals surface area (Å²) in [5.41, 5.74) is 1.55. The summed E-state index contributed by atoms with van der Waals surface area (Å²) >= 11 is 0. The van der Waals surface area contributed by atoms with Gasteiger partial charge in [0, 0.05) is 12.1 Å². The maximum Gasteiger partial charge on any atom is 0.247 e. The predicted molar refractivity (Wildman–Crippen MR) is 94.2 cm³/mol. The van der Waals surface area contributed by atoms with Crippen LogP contribution >= 0.6 is 0 Å². The first-order valence-corrected chi connectivity index (χ1v) is 11.1. The highest BCUT2D eigenvalue weighted by Crippen LogP contribution is 2.35. The Morgan fingerprint density at radius 1 is 1.16 bits per heavy atom. The summed E-state index contributed by atoms with van der Waals surface area (Å²) in [5.74, 6) is 0.495. The lowest BCUT2D eigenvalue weighted by Crippen LogP contribution is -2.25. The third-order valence-electron chi connectivity index (χ3n) is 3.58. The Balaban J connectivity index is 1.96. The van der Waals surface area contributed by atoms with Gasteiger partial charge in [0.1, 0.15) is 11.8 Å². The van der Waals surface area contributed by atoms with Gasteiger partial charge in [0.2, 0.25) is 20.0 Å². The molecule has 0 saturated heterocycles. The van der Waals surface area contributed by atoms with Gasteiger partial charge in [-0.25, -0.2) is 16.8 Å². The molecule has 8 nitrogen and oxygen atoms in total. The summed E-state index contributed by atoms with van der Waals surface area (Å²) < 4.78 is 55.6. The van der Waals surface area contributed by atoms with E-state index in [0.29, 0.717) is 29.1 Å². The lowest BCUT2D eigenvalue weighted by atomic mass is 10.0. The number of benzene rings is 1. The molecular weight excluding hydrogens is 366 g/mol. The minimum atomic E-state index is -3.58. The van der Waals surface area contributed by atoms with Crippen molar-refractivity contribution in [3.05, 3.63) is 54.0 Å². The van der Waals surface area contributed by atoms with Gasteiger partial charge < -0.3 is 4.42 Å². The van der Waals surface area contributed by atoms with Crippen molar-refractivity contribution in [3.8, 4) is 0 Å². The Hall–Kier alpha value is -2.33. The van der Waals surface area contributed by atoms with Gasteiger partial charge in [0.05, 0.1) is 24.5 Å². The Kier molecular flexibility index (Phi) is 4.33. The van der Waals surface area contributed by atoms with Crippen molar-refractivity contribution >= 4 is 31.4 Å². The smallest absolute Gasteiger partial charge is 0.247 e. The van der Waals surface area contributed by atoms with Crippen LogP contribution in [-0.2, 0) is 20.0 Å². The zero-order valence-corrected chi connectivity index (χ0v) is 15.2. The topological polar surface area (TPSA) is 109 Å². The van der Waals surface area contributed by atoms with Gasteiger partial charge in [0.25, 0.3) is 0 Å². The Bertz CT molecular complexity index is 1010. The molecule has 10 heteroatoms. The SMILES string of the molecule is CS(=O)(=O)Nc1cccc(C2=NN(S(C)(=O)=O)[C@H](c3ccco3)C2)c1. The number of anilines is 1. The van der Waals surface area contributed by atoms with Crippen LogP contribution in [0.2, 0.25) is 0 Å². The molecule has 0 amide bonds. The standard InChI is InChI=1S/C15H17N3O5S2/c1-24(19,20)17-12-6-3-5-11(9-12)13-10-14(15-7-4-8-23-15)18(16-13)25(2,21)22/h3-9,14,17H,10H2,1-2H3/t14-/m0/s1. The van der Waals surface area contributed by atoms with Crippen molar-refractivity contribution in [2.24, 2.45) is 5.10 Å². The molecule has 2 heterocycles. The van der Waals surface area contributed by atoms with Crippen molar-refractivity contribution in [2.45, 2.75) is 12.5 Å². The van der Waals surface area contributed by atoms with E-state index < -0.39 is 26.1 Å². The lowest BCUT2D eigenvalue weighted by Gasteiger charge is -2.18. The Morgan fingerprint density at radius 2 is 1.92 bits per heavy atom.